The topological polar surface area (TPSA) is 52.6 Å². The predicted octanol–water partition coefficient (Wildman–Crippen LogP) is 2.23. The number of rotatable bonds is 8. The number of carbonyl (C=O) groups excluding carboxylic acids is 2. The van der Waals surface area contributed by atoms with E-state index in [1.165, 1.54) is 0 Å². The largest absolute Gasteiger partial charge is 0.466 e. The molecule has 0 heterocycles. The van der Waals surface area contributed by atoms with Gasteiger partial charge in [-0.2, -0.15) is 0 Å². The summed E-state index contributed by atoms with van der Waals surface area (Å²) in [5.41, 5.74) is 0.968. The molecule has 0 atom stereocenters. The van der Waals surface area contributed by atoms with Crippen LogP contribution < -0.4 is 0 Å². The highest BCUT2D eigenvalue weighted by Gasteiger charge is 2.08. The van der Waals surface area contributed by atoms with Crippen molar-refractivity contribution in [2.75, 3.05) is 13.2 Å². The zero-order chi connectivity index (χ0) is 12.4. The van der Waals surface area contributed by atoms with Gasteiger partial charge in [-0.25, -0.2) is 0 Å². The van der Waals surface area contributed by atoms with E-state index in [1.54, 1.807) is 0 Å². The van der Waals surface area contributed by atoms with Crippen molar-refractivity contribution >= 4 is 11.9 Å². The van der Waals surface area contributed by atoms with Crippen LogP contribution in [0.5, 0.6) is 0 Å². The Kier molecular flexibility index (Phi) is 8.21. The van der Waals surface area contributed by atoms with Crippen molar-refractivity contribution in [2.24, 2.45) is 0 Å². The molecule has 0 aliphatic heterocycles. The average Bonchev–Trinajstić information content (AvgIpc) is 2.23. The van der Waals surface area contributed by atoms with Crippen molar-refractivity contribution in [3.63, 3.8) is 0 Å². The van der Waals surface area contributed by atoms with Gasteiger partial charge in [-0.15, -0.1) is 6.58 Å². The number of esters is 2. The molecule has 0 saturated carbocycles. The summed E-state index contributed by atoms with van der Waals surface area (Å²) in [6.45, 7) is 8.22. The predicted molar refractivity (Wildman–Crippen MR) is 60.9 cm³/mol. The Hall–Kier alpha value is -1.32. The highest BCUT2D eigenvalue weighted by Crippen LogP contribution is 2.00. The number of ether oxygens (including phenoxy) is 2. The molecule has 0 aliphatic carbocycles. The van der Waals surface area contributed by atoms with Crippen molar-refractivity contribution in [3.05, 3.63) is 12.2 Å². The lowest BCUT2D eigenvalue weighted by molar-refractivity contribution is -0.150. The van der Waals surface area contributed by atoms with Crippen LogP contribution in [0.1, 0.15) is 39.5 Å². The number of hydrogen-bond acceptors (Lipinski definition) is 4. The molecule has 0 bridgehead atoms. The molecule has 0 aromatic heterocycles. The van der Waals surface area contributed by atoms with Crippen LogP contribution in [0.4, 0.5) is 0 Å². The van der Waals surface area contributed by atoms with Gasteiger partial charge in [0, 0.05) is 6.42 Å². The molecule has 0 unspecified atom stereocenters. The SMILES string of the molecule is C=C(C)CCOC(=O)CCC(=O)OCCC. The summed E-state index contributed by atoms with van der Waals surface area (Å²) >= 11 is 0. The van der Waals surface area contributed by atoms with Crippen LogP contribution in [0, 0.1) is 0 Å². The summed E-state index contributed by atoms with van der Waals surface area (Å²) in [7, 11) is 0. The maximum absolute atomic E-state index is 11.1. The van der Waals surface area contributed by atoms with Crippen LogP contribution in [0.25, 0.3) is 0 Å². The maximum Gasteiger partial charge on any atom is 0.306 e. The Balaban J connectivity index is 3.49. The highest BCUT2D eigenvalue weighted by molar-refractivity contribution is 5.77. The molecule has 0 radical (unpaired) electrons. The lowest BCUT2D eigenvalue weighted by atomic mass is 10.2. The second-order valence-electron chi connectivity index (χ2n) is 3.65. The zero-order valence-electron chi connectivity index (χ0n) is 10.1. The van der Waals surface area contributed by atoms with Gasteiger partial charge in [0.2, 0.25) is 0 Å². The molecule has 4 nitrogen and oxygen atoms in total. The molecular formula is C12H20O4. The smallest absolute Gasteiger partial charge is 0.306 e. The first-order chi connectivity index (χ1) is 7.56. The van der Waals surface area contributed by atoms with Gasteiger partial charge in [0.05, 0.1) is 26.1 Å². The normalized spacial score (nSPS) is 9.62. The van der Waals surface area contributed by atoms with E-state index in [-0.39, 0.29) is 24.8 Å². The van der Waals surface area contributed by atoms with Crippen molar-refractivity contribution in [1.82, 2.24) is 0 Å². The van der Waals surface area contributed by atoms with E-state index in [0.717, 1.165) is 12.0 Å². The maximum atomic E-state index is 11.1. The number of hydrogen-bond donors (Lipinski definition) is 0. The zero-order valence-corrected chi connectivity index (χ0v) is 10.1. The van der Waals surface area contributed by atoms with Gasteiger partial charge in [0.25, 0.3) is 0 Å². The third-order valence-electron chi connectivity index (χ3n) is 1.79. The first-order valence-corrected chi connectivity index (χ1v) is 5.52. The van der Waals surface area contributed by atoms with Crippen LogP contribution in [0.2, 0.25) is 0 Å². The summed E-state index contributed by atoms with van der Waals surface area (Å²) in [5.74, 6) is -0.714. The van der Waals surface area contributed by atoms with Crippen molar-refractivity contribution < 1.29 is 19.1 Å². The lowest BCUT2D eigenvalue weighted by Crippen LogP contribution is -2.11. The molecule has 0 N–H and O–H groups in total. The third kappa shape index (κ3) is 9.24. The minimum absolute atomic E-state index is 0.0821. The van der Waals surface area contributed by atoms with E-state index < -0.39 is 0 Å². The van der Waals surface area contributed by atoms with Gasteiger partial charge in [-0.1, -0.05) is 12.5 Å². The van der Waals surface area contributed by atoms with Crippen LogP contribution in [-0.2, 0) is 19.1 Å². The van der Waals surface area contributed by atoms with E-state index >= 15 is 0 Å². The Morgan fingerprint density at radius 1 is 1.00 bits per heavy atom. The van der Waals surface area contributed by atoms with E-state index in [9.17, 15) is 9.59 Å². The van der Waals surface area contributed by atoms with E-state index in [1.807, 2.05) is 13.8 Å². The molecule has 0 aromatic rings. The van der Waals surface area contributed by atoms with Gasteiger partial charge in [0.1, 0.15) is 0 Å². The summed E-state index contributed by atoms with van der Waals surface area (Å²) < 4.78 is 9.72. The van der Waals surface area contributed by atoms with Crippen LogP contribution in [0.3, 0.4) is 0 Å². The third-order valence-corrected chi connectivity index (χ3v) is 1.79. The van der Waals surface area contributed by atoms with Crippen LogP contribution >= 0.6 is 0 Å². The Morgan fingerprint density at radius 3 is 1.94 bits per heavy atom. The van der Waals surface area contributed by atoms with Gasteiger partial charge in [0.15, 0.2) is 0 Å². The molecule has 0 rings (SSSR count). The fourth-order valence-corrected chi connectivity index (χ4v) is 0.903. The molecular weight excluding hydrogens is 208 g/mol. The van der Waals surface area contributed by atoms with Gasteiger partial charge in [-0.05, 0) is 13.3 Å². The Morgan fingerprint density at radius 2 is 1.50 bits per heavy atom. The van der Waals surface area contributed by atoms with Crippen molar-refractivity contribution in [3.8, 4) is 0 Å². The molecule has 16 heavy (non-hydrogen) atoms. The first kappa shape index (κ1) is 14.7. The van der Waals surface area contributed by atoms with Crippen LogP contribution in [0.15, 0.2) is 12.2 Å². The molecule has 0 aliphatic rings. The summed E-state index contributed by atoms with van der Waals surface area (Å²) in [6.07, 6.45) is 1.62. The Bertz CT molecular complexity index is 245. The van der Waals surface area contributed by atoms with Crippen molar-refractivity contribution in [1.29, 1.82) is 0 Å². The second kappa shape index (κ2) is 8.95. The molecule has 92 valence electrons. The average molecular weight is 228 g/mol. The minimum atomic E-state index is -0.366. The molecule has 0 saturated heterocycles. The Labute approximate surface area is 96.6 Å². The quantitative estimate of drug-likeness (QED) is 0.472. The molecule has 4 heteroatoms. The van der Waals surface area contributed by atoms with E-state index in [0.29, 0.717) is 19.6 Å². The van der Waals surface area contributed by atoms with Gasteiger partial charge in [-0.3, -0.25) is 9.59 Å². The summed E-state index contributed by atoms with van der Waals surface area (Å²) in [6, 6.07) is 0. The lowest BCUT2D eigenvalue weighted by Gasteiger charge is -2.04. The highest BCUT2D eigenvalue weighted by atomic mass is 16.5. The van der Waals surface area contributed by atoms with E-state index in [4.69, 9.17) is 9.47 Å². The first-order valence-electron chi connectivity index (χ1n) is 5.52. The fraction of sp³-hybridized carbons (Fsp3) is 0.667. The summed E-state index contributed by atoms with van der Waals surface area (Å²) in [4.78, 5) is 22.2. The fourth-order valence-electron chi connectivity index (χ4n) is 0.903. The molecule has 0 aromatic carbocycles. The second-order valence-corrected chi connectivity index (χ2v) is 3.65. The van der Waals surface area contributed by atoms with Gasteiger partial charge < -0.3 is 9.47 Å². The molecule has 0 spiro atoms. The minimum Gasteiger partial charge on any atom is -0.466 e. The van der Waals surface area contributed by atoms with Crippen LogP contribution in [-0.4, -0.2) is 25.2 Å². The standard InChI is InChI=1S/C12H20O4/c1-4-8-15-11(13)5-6-12(14)16-9-7-10(2)3/h2,4-9H2,1,3H3. The molecule has 0 amide bonds. The summed E-state index contributed by atoms with van der Waals surface area (Å²) in [5, 5.41) is 0. The number of carbonyl (C=O) groups is 2. The van der Waals surface area contributed by atoms with Crippen molar-refractivity contribution in [2.45, 2.75) is 39.5 Å². The van der Waals surface area contributed by atoms with Gasteiger partial charge >= 0.3 is 11.9 Å². The molecule has 0 fully saturated rings. The van der Waals surface area contributed by atoms with E-state index in [2.05, 4.69) is 6.58 Å². The monoisotopic (exact) mass is 228 g/mol.